The Morgan fingerprint density at radius 3 is 1.81 bits per heavy atom. The van der Waals surface area contributed by atoms with Gasteiger partial charge in [0.25, 0.3) is 10.0 Å². The van der Waals surface area contributed by atoms with E-state index in [1.54, 1.807) is 19.9 Å². The molecule has 0 fully saturated rings. The fourth-order valence-electron chi connectivity index (χ4n) is 2.18. The lowest BCUT2D eigenvalue weighted by atomic mass is 10.1. The van der Waals surface area contributed by atoms with Gasteiger partial charge in [-0.1, -0.05) is 0 Å². The predicted octanol–water partition coefficient (Wildman–Crippen LogP) is 0.972. The van der Waals surface area contributed by atoms with Gasteiger partial charge in [0.2, 0.25) is 5.95 Å². The van der Waals surface area contributed by atoms with Gasteiger partial charge in [-0.25, -0.2) is 28.0 Å². The molecule has 0 aliphatic carbocycles. The van der Waals surface area contributed by atoms with E-state index in [2.05, 4.69) is 29.7 Å². The summed E-state index contributed by atoms with van der Waals surface area (Å²) in [5.74, 6) is -1.56. The molecule has 0 spiro atoms. The van der Waals surface area contributed by atoms with E-state index < -0.39 is 22.0 Å². The highest BCUT2D eigenvalue weighted by molar-refractivity contribution is 7.89. The minimum atomic E-state index is -4.17. The van der Waals surface area contributed by atoms with E-state index in [1.807, 2.05) is 0 Å². The highest BCUT2D eigenvalue weighted by Crippen LogP contribution is 2.17. The van der Waals surface area contributed by atoms with E-state index in [9.17, 15) is 18.0 Å². The number of esters is 2. The largest absolute Gasteiger partial charge is 0.465 e. The van der Waals surface area contributed by atoms with Gasteiger partial charge in [-0.2, -0.15) is 0 Å². The number of aryl methyl sites for hydroxylation is 2. The van der Waals surface area contributed by atoms with Crippen LogP contribution in [0.1, 0.15) is 32.1 Å². The number of carbonyl (C=O) groups is 2. The molecule has 1 aromatic carbocycles. The molecule has 2 rings (SSSR count). The van der Waals surface area contributed by atoms with Gasteiger partial charge in [-0.15, -0.1) is 4.83 Å². The summed E-state index contributed by atoms with van der Waals surface area (Å²) in [5.41, 5.74) is 3.44. The Hall–Kier alpha value is -3.05. The Labute approximate surface area is 155 Å². The van der Waals surface area contributed by atoms with E-state index in [0.717, 1.165) is 26.4 Å². The first kappa shape index (κ1) is 20.3. The molecule has 0 saturated carbocycles. The number of aromatic nitrogens is 2. The Morgan fingerprint density at radius 1 is 0.889 bits per heavy atom. The maximum absolute atomic E-state index is 12.6. The summed E-state index contributed by atoms with van der Waals surface area (Å²) in [5, 5.41) is 0. The minimum Gasteiger partial charge on any atom is -0.465 e. The molecule has 0 aliphatic rings. The molecular formula is C16H18N4O6S. The van der Waals surface area contributed by atoms with Gasteiger partial charge in [0, 0.05) is 11.4 Å². The van der Waals surface area contributed by atoms with E-state index in [0.29, 0.717) is 11.4 Å². The molecule has 1 aromatic heterocycles. The molecule has 0 bridgehead atoms. The Morgan fingerprint density at radius 2 is 1.37 bits per heavy atom. The number of rotatable bonds is 6. The van der Waals surface area contributed by atoms with Crippen LogP contribution in [0.25, 0.3) is 0 Å². The molecule has 0 radical (unpaired) electrons. The number of sulfonamides is 1. The molecule has 0 atom stereocenters. The van der Waals surface area contributed by atoms with Gasteiger partial charge in [-0.05, 0) is 38.1 Å². The third-order valence-electron chi connectivity index (χ3n) is 3.34. The number of anilines is 1. The number of hydrogen-bond acceptors (Lipinski definition) is 9. The molecule has 0 amide bonds. The summed E-state index contributed by atoms with van der Waals surface area (Å²) < 4.78 is 34.3. The van der Waals surface area contributed by atoms with Crippen molar-refractivity contribution in [3.05, 3.63) is 46.8 Å². The van der Waals surface area contributed by atoms with Crippen LogP contribution in [0.5, 0.6) is 0 Å². The standard InChI is InChI=1S/C16H18N4O6S/c1-9-5-10(2)18-16(17-9)19-20-27(23,24)13-7-11(14(21)25-3)6-12(8-13)15(22)26-4/h5-8,20H,1-4H3,(H,17,18,19). The molecule has 2 N–H and O–H groups in total. The van der Waals surface area contributed by atoms with Crippen LogP contribution in [0.2, 0.25) is 0 Å². The molecule has 2 aromatic rings. The van der Waals surface area contributed by atoms with Gasteiger partial charge < -0.3 is 9.47 Å². The average molecular weight is 394 g/mol. The van der Waals surface area contributed by atoms with E-state index in [-0.39, 0.29) is 22.0 Å². The van der Waals surface area contributed by atoms with Gasteiger partial charge in [0.1, 0.15) is 0 Å². The summed E-state index contributed by atoms with van der Waals surface area (Å²) in [4.78, 5) is 33.4. The number of ether oxygens (including phenoxy) is 2. The molecule has 0 unspecified atom stereocenters. The summed E-state index contributed by atoms with van der Waals surface area (Å²) in [6, 6.07) is 5.05. The van der Waals surface area contributed by atoms with Crippen LogP contribution in [0.15, 0.2) is 29.2 Å². The number of methoxy groups -OCH3 is 2. The average Bonchev–Trinajstić information content (AvgIpc) is 2.64. The number of carbonyl (C=O) groups excluding carboxylic acids is 2. The van der Waals surface area contributed by atoms with Crippen molar-refractivity contribution in [1.29, 1.82) is 0 Å². The minimum absolute atomic E-state index is 0.0494. The SMILES string of the molecule is COC(=O)c1cc(C(=O)OC)cc(S(=O)(=O)NNc2nc(C)cc(C)n2)c1. The van der Waals surface area contributed by atoms with Crippen LogP contribution < -0.4 is 10.3 Å². The van der Waals surface area contributed by atoms with Crippen molar-refractivity contribution in [1.82, 2.24) is 14.8 Å². The van der Waals surface area contributed by atoms with Crippen molar-refractivity contribution in [2.24, 2.45) is 0 Å². The quantitative estimate of drug-likeness (QED) is 0.542. The van der Waals surface area contributed by atoms with Gasteiger partial charge >= 0.3 is 11.9 Å². The zero-order valence-corrected chi connectivity index (χ0v) is 15.9. The third-order valence-corrected chi connectivity index (χ3v) is 4.57. The number of benzene rings is 1. The lowest BCUT2D eigenvalue weighted by molar-refractivity contribution is 0.0598. The summed E-state index contributed by atoms with van der Waals surface area (Å²) >= 11 is 0. The van der Waals surface area contributed by atoms with Crippen LogP contribution in [0.4, 0.5) is 5.95 Å². The monoisotopic (exact) mass is 394 g/mol. The molecule has 0 saturated heterocycles. The van der Waals surface area contributed by atoms with Crippen LogP contribution in [-0.4, -0.2) is 44.5 Å². The molecule has 144 valence electrons. The molecule has 27 heavy (non-hydrogen) atoms. The number of hydrogen-bond donors (Lipinski definition) is 2. The normalized spacial score (nSPS) is 11.0. The highest BCUT2D eigenvalue weighted by Gasteiger charge is 2.21. The van der Waals surface area contributed by atoms with Crippen molar-refractivity contribution in [2.45, 2.75) is 18.7 Å². The van der Waals surface area contributed by atoms with Crippen molar-refractivity contribution < 1.29 is 27.5 Å². The number of nitrogens with one attached hydrogen (secondary N) is 2. The molecule has 1 heterocycles. The van der Waals surface area contributed by atoms with Crippen LogP contribution in [-0.2, 0) is 19.5 Å². The lowest BCUT2D eigenvalue weighted by Crippen LogP contribution is -2.31. The van der Waals surface area contributed by atoms with Crippen molar-refractivity contribution in [3.8, 4) is 0 Å². The fraction of sp³-hybridized carbons (Fsp3) is 0.250. The van der Waals surface area contributed by atoms with Crippen LogP contribution >= 0.6 is 0 Å². The van der Waals surface area contributed by atoms with Crippen molar-refractivity contribution >= 4 is 27.9 Å². The van der Waals surface area contributed by atoms with E-state index in [1.165, 1.54) is 6.07 Å². The highest BCUT2D eigenvalue weighted by atomic mass is 32.2. The van der Waals surface area contributed by atoms with Crippen molar-refractivity contribution in [2.75, 3.05) is 19.6 Å². The van der Waals surface area contributed by atoms with Crippen LogP contribution in [0.3, 0.4) is 0 Å². The lowest BCUT2D eigenvalue weighted by Gasteiger charge is -2.11. The van der Waals surface area contributed by atoms with E-state index >= 15 is 0 Å². The topological polar surface area (TPSA) is 137 Å². The van der Waals surface area contributed by atoms with Gasteiger partial charge in [0.05, 0.1) is 30.2 Å². The first-order valence-electron chi connectivity index (χ1n) is 7.58. The third kappa shape index (κ3) is 4.99. The molecular weight excluding hydrogens is 376 g/mol. The molecule has 0 aliphatic heterocycles. The Balaban J connectivity index is 2.38. The fourth-order valence-corrected chi connectivity index (χ4v) is 3.09. The van der Waals surface area contributed by atoms with Crippen molar-refractivity contribution in [3.63, 3.8) is 0 Å². The van der Waals surface area contributed by atoms with E-state index in [4.69, 9.17) is 0 Å². The first-order chi connectivity index (χ1) is 12.7. The number of hydrazine groups is 1. The van der Waals surface area contributed by atoms with Crippen LogP contribution in [0, 0.1) is 13.8 Å². The molecule has 10 nitrogen and oxygen atoms in total. The van der Waals surface area contributed by atoms with Gasteiger partial charge in [-0.3, -0.25) is 5.43 Å². The zero-order valence-electron chi connectivity index (χ0n) is 15.1. The van der Waals surface area contributed by atoms with Gasteiger partial charge in [0.15, 0.2) is 0 Å². The number of nitrogens with zero attached hydrogens (tertiary/aromatic N) is 2. The zero-order chi connectivity index (χ0) is 20.2. The molecule has 11 heteroatoms. The summed E-state index contributed by atoms with van der Waals surface area (Å²) in [6.07, 6.45) is 0. The second-order valence-corrected chi connectivity index (χ2v) is 7.12. The first-order valence-corrected chi connectivity index (χ1v) is 9.06. The Kier molecular flexibility index (Phi) is 6.08. The second kappa shape index (κ2) is 8.10. The predicted molar refractivity (Wildman–Crippen MR) is 94.6 cm³/mol. The Bertz CT molecular complexity index is 936. The second-order valence-electron chi connectivity index (χ2n) is 5.43. The smallest absolute Gasteiger partial charge is 0.337 e. The maximum Gasteiger partial charge on any atom is 0.337 e. The summed E-state index contributed by atoms with van der Waals surface area (Å²) in [6.45, 7) is 3.47. The summed E-state index contributed by atoms with van der Waals surface area (Å²) in [7, 11) is -1.89. The maximum atomic E-state index is 12.6.